The predicted molar refractivity (Wildman–Crippen MR) is 94.0 cm³/mol. The zero-order valence-corrected chi connectivity index (χ0v) is 14.5. The topological polar surface area (TPSA) is 89.6 Å². The monoisotopic (exact) mass is 335 g/mol. The van der Waals surface area contributed by atoms with Crippen LogP contribution in [0.3, 0.4) is 0 Å². The second-order valence-electron chi connectivity index (χ2n) is 6.14. The maximum atomic E-state index is 11.8. The van der Waals surface area contributed by atoms with Gasteiger partial charge in [-0.05, 0) is 30.5 Å². The van der Waals surface area contributed by atoms with Crippen molar-refractivity contribution in [2.24, 2.45) is 5.73 Å². The van der Waals surface area contributed by atoms with Crippen molar-refractivity contribution in [1.29, 1.82) is 0 Å². The lowest BCUT2D eigenvalue weighted by atomic mass is 10.1. The molecule has 0 saturated heterocycles. The van der Waals surface area contributed by atoms with E-state index in [1.165, 1.54) is 32.1 Å². The Morgan fingerprint density at radius 2 is 1.62 bits per heavy atom. The lowest BCUT2D eigenvalue weighted by molar-refractivity contribution is -0.138. The maximum Gasteiger partial charge on any atom is 0.320 e. The number of carboxylic acids is 1. The standard InChI is InChI=1S/C19H29NO4/c1-2-3-4-5-6-7-8-9-18(21)24-16-12-10-15(11-13-16)14-17(20)19(22)23/h10-13,17H,2-9,14,20H2,1H3,(H,22,23)/t17-/m0/s1. The van der Waals surface area contributed by atoms with E-state index in [4.69, 9.17) is 15.6 Å². The van der Waals surface area contributed by atoms with Crippen molar-refractivity contribution in [3.05, 3.63) is 29.8 Å². The average Bonchev–Trinajstić information content (AvgIpc) is 2.55. The Morgan fingerprint density at radius 3 is 2.21 bits per heavy atom. The molecule has 3 N–H and O–H groups in total. The molecule has 0 aliphatic carbocycles. The summed E-state index contributed by atoms with van der Waals surface area (Å²) < 4.78 is 5.28. The molecule has 0 fully saturated rings. The first-order valence-electron chi connectivity index (χ1n) is 8.81. The molecule has 24 heavy (non-hydrogen) atoms. The zero-order valence-electron chi connectivity index (χ0n) is 14.5. The minimum absolute atomic E-state index is 0.224. The van der Waals surface area contributed by atoms with Crippen LogP contribution in [-0.2, 0) is 16.0 Å². The SMILES string of the molecule is CCCCCCCCCC(=O)Oc1ccc(C[C@H](N)C(=O)O)cc1. The number of hydrogen-bond acceptors (Lipinski definition) is 4. The van der Waals surface area contributed by atoms with E-state index >= 15 is 0 Å². The minimum atomic E-state index is -1.03. The number of esters is 1. The summed E-state index contributed by atoms with van der Waals surface area (Å²) in [7, 11) is 0. The lowest BCUT2D eigenvalue weighted by Gasteiger charge is -2.08. The van der Waals surface area contributed by atoms with Gasteiger partial charge in [0, 0.05) is 6.42 Å². The predicted octanol–water partition coefficient (Wildman–Crippen LogP) is 3.69. The molecule has 0 spiro atoms. The molecule has 0 radical (unpaired) electrons. The van der Waals surface area contributed by atoms with Crippen molar-refractivity contribution in [3.63, 3.8) is 0 Å². The van der Waals surface area contributed by atoms with Crippen LogP contribution in [0, 0.1) is 0 Å². The van der Waals surface area contributed by atoms with Crippen LogP contribution in [0.1, 0.15) is 63.9 Å². The van der Waals surface area contributed by atoms with Gasteiger partial charge < -0.3 is 15.6 Å². The van der Waals surface area contributed by atoms with Crippen molar-refractivity contribution < 1.29 is 19.4 Å². The molecule has 5 heteroatoms. The molecule has 1 rings (SSSR count). The number of carboxylic acid groups (broad SMARTS) is 1. The Morgan fingerprint density at radius 1 is 1.04 bits per heavy atom. The molecular weight excluding hydrogens is 306 g/mol. The van der Waals surface area contributed by atoms with Gasteiger partial charge in [-0.1, -0.05) is 57.6 Å². The van der Waals surface area contributed by atoms with Gasteiger partial charge in [-0.3, -0.25) is 9.59 Å². The van der Waals surface area contributed by atoms with Crippen LogP contribution >= 0.6 is 0 Å². The lowest BCUT2D eigenvalue weighted by Crippen LogP contribution is -2.32. The third-order valence-electron chi connectivity index (χ3n) is 3.91. The molecule has 0 saturated carbocycles. The van der Waals surface area contributed by atoms with E-state index in [1.54, 1.807) is 24.3 Å². The van der Waals surface area contributed by atoms with Gasteiger partial charge in [0.2, 0.25) is 0 Å². The molecule has 0 bridgehead atoms. The van der Waals surface area contributed by atoms with Gasteiger partial charge in [-0.2, -0.15) is 0 Å². The third kappa shape index (κ3) is 8.67. The Labute approximate surface area is 144 Å². The van der Waals surface area contributed by atoms with Gasteiger partial charge in [0.25, 0.3) is 0 Å². The second kappa shape index (κ2) is 11.6. The number of carbonyl (C=O) groups is 2. The van der Waals surface area contributed by atoms with Crippen molar-refractivity contribution >= 4 is 11.9 Å². The molecule has 1 aromatic carbocycles. The molecule has 134 valence electrons. The van der Waals surface area contributed by atoms with Gasteiger partial charge in [0.05, 0.1) is 0 Å². The van der Waals surface area contributed by atoms with Gasteiger partial charge >= 0.3 is 11.9 Å². The second-order valence-corrected chi connectivity index (χ2v) is 6.14. The van der Waals surface area contributed by atoms with Crippen LogP contribution in [0.4, 0.5) is 0 Å². The maximum absolute atomic E-state index is 11.8. The van der Waals surface area contributed by atoms with Crippen LogP contribution in [0.25, 0.3) is 0 Å². The first-order valence-corrected chi connectivity index (χ1v) is 8.81. The summed E-state index contributed by atoms with van der Waals surface area (Å²) in [6.45, 7) is 2.20. The number of benzene rings is 1. The summed E-state index contributed by atoms with van der Waals surface area (Å²) in [5.74, 6) is -0.769. The summed E-state index contributed by atoms with van der Waals surface area (Å²) in [6, 6.07) is 5.90. The number of unbranched alkanes of at least 4 members (excludes halogenated alkanes) is 6. The van der Waals surface area contributed by atoms with E-state index in [1.807, 2.05) is 0 Å². The number of nitrogens with two attached hydrogens (primary N) is 1. The van der Waals surface area contributed by atoms with Gasteiger partial charge in [-0.15, -0.1) is 0 Å². The minimum Gasteiger partial charge on any atom is -0.480 e. The summed E-state index contributed by atoms with van der Waals surface area (Å²) in [6.07, 6.45) is 8.82. The fraction of sp³-hybridized carbons (Fsp3) is 0.579. The first-order chi connectivity index (χ1) is 11.5. The molecule has 0 unspecified atom stereocenters. The van der Waals surface area contributed by atoms with E-state index in [0.717, 1.165) is 18.4 Å². The summed E-state index contributed by atoms with van der Waals surface area (Å²) >= 11 is 0. The van der Waals surface area contributed by atoms with Crippen LogP contribution in [-0.4, -0.2) is 23.1 Å². The number of carbonyl (C=O) groups excluding carboxylic acids is 1. The van der Waals surface area contributed by atoms with Crippen molar-refractivity contribution in [3.8, 4) is 5.75 Å². The van der Waals surface area contributed by atoms with Crippen molar-refractivity contribution in [2.75, 3.05) is 0 Å². The Hall–Kier alpha value is -1.88. The molecule has 0 aliphatic rings. The fourth-order valence-corrected chi connectivity index (χ4v) is 2.44. The van der Waals surface area contributed by atoms with Crippen molar-refractivity contribution in [2.45, 2.75) is 70.8 Å². The fourth-order valence-electron chi connectivity index (χ4n) is 2.44. The highest BCUT2D eigenvalue weighted by molar-refractivity contribution is 5.73. The highest BCUT2D eigenvalue weighted by Gasteiger charge is 2.12. The van der Waals surface area contributed by atoms with Crippen molar-refractivity contribution in [1.82, 2.24) is 0 Å². The normalized spacial score (nSPS) is 11.9. The van der Waals surface area contributed by atoms with Gasteiger partial charge in [-0.25, -0.2) is 0 Å². The van der Waals surface area contributed by atoms with E-state index in [9.17, 15) is 9.59 Å². The Bertz CT molecular complexity index is 499. The van der Waals surface area contributed by atoms with E-state index < -0.39 is 12.0 Å². The average molecular weight is 335 g/mol. The summed E-state index contributed by atoms with van der Waals surface area (Å²) in [4.78, 5) is 22.5. The number of hydrogen-bond donors (Lipinski definition) is 2. The highest BCUT2D eigenvalue weighted by Crippen LogP contribution is 2.15. The number of ether oxygens (including phenoxy) is 1. The van der Waals surface area contributed by atoms with Gasteiger partial charge in [0.15, 0.2) is 0 Å². The van der Waals surface area contributed by atoms with Crippen LogP contribution in [0.5, 0.6) is 5.75 Å². The van der Waals surface area contributed by atoms with Crippen LogP contribution in [0.2, 0.25) is 0 Å². The quantitative estimate of drug-likeness (QED) is 0.345. The molecule has 0 amide bonds. The molecule has 5 nitrogen and oxygen atoms in total. The van der Waals surface area contributed by atoms with Crippen LogP contribution in [0.15, 0.2) is 24.3 Å². The molecular formula is C19H29NO4. The number of rotatable bonds is 12. The highest BCUT2D eigenvalue weighted by atomic mass is 16.5. The molecule has 1 aromatic rings. The van der Waals surface area contributed by atoms with E-state index in [0.29, 0.717) is 12.2 Å². The first kappa shape index (κ1) is 20.2. The molecule has 1 atom stereocenters. The summed E-state index contributed by atoms with van der Waals surface area (Å²) in [5, 5.41) is 8.79. The van der Waals surface area contributed by atoms with Gasteiger partial charge in [0.1, 0.15) is 11.8 Å². The smallest absolute Gasteiger partial charge is 0.320 e. The third-order valence-corrected chi connectivity index (χ3v) is 3.91. The Balaban J connectivity index is 2.23. The Kier molecular flexibility index (Phi) is 9.77. The number of aliphatic carboxylic acids is 1. The van der Waals surface area contributed by atoms with E-state index in [2.05, 4.69) is 6.92 Å². The molecule has 0 heterocycles. The van der Waals surface area contributed by atoms with E-state index in [-0.39, 0.29) is 12.4 Å². The molecule has 0 aliphatic heterocycles. The summed E-state index contributed by atoms with van der Waals surface area (Å²) in [5.41, 5.74) is 6.29. The van der Waals surface area contributed by atoms with Crippen LogP contribution < -0.4 is 10.5 Å². The zero-order chi connectivity index (χ0) is 17.8. The molecule has 0 aromatic heterocycles. The largest absolute Gasteiger partial charge is 0.480 e.